The summed E-state index contributed by atoms with van der Waals surface area (Å²) in [7, 11) is 0. The summed E-state index contributed by atoms with van der Waals surface area (Å²) in [6.07, 6.45) is 5.44. The molecule has 1 heteroatoms. The van der Waals surface area contributed by atoms with Gasteiger partial charge in [0.1, 0.15) is 0 Å². The third-order valence-corrected chi connectivity index (χ3v) is 4.68. The van der Waals surface area contributed by atoms with Crippen LogP contribution in [-0.2, 0) is 0 Å². The van der Waals surface area contributed by atoms with E-state index in [4.69, 9.17) is 0 Å². The van der Waals surface area contributed by atoms with Crippen molar-refractivity contribution in [3.05, 3.63) is 35.9 Å². The Morgan fingerprint density at radius 1 is 1.15 bits per heavy atom. The summed E-state index contributed by atoms with van der Waals surface area (Å²) in [5.74, 6) is 1.77. The largest absolute Gasteiger partial charge is 0.310 e. The predicted octanol–water partition coefficient (Wildman–Crippen LogP) is 5.19. The molecule has 112 valence electrons. The van der Waals surface area contributed by atoms with Gasteiger partial charge in [-0.15, -0.1) is 0 Å². The molecule has 0 aromatic heterocycles. The average Bonchev–Trinajstić information content (AvgIpc) is 2.80. The Kier molecular flexibility index (Phi) is 5.26. The molecule has 3 unspecified atom stereocenters. The van der Waals surface area contributed by atoms with Gasteiger partial charge < -0.3 is 5.32 Å². The first-order valence-electron chi connectivity index (χ1n) is 8.24. The number of rotatable bonds is 5. The molecule has 20 heavy (non-hydrogen) atoms. The van der Waals surface area contributed by atoms with Crippen LogP contribution in [0.4, 0.5) is 0 Å². The van der Waals surface area contributed by atoms with Gasteiger partial charge in [0, 0.05) is 6.04 Å². The molecule has 1 aliphatic carbocycles. The molecule has 1 aromatic rings. The van der Waals surface area contributed by atoms with Crippen molar-refractivity contribution in [1.29, 1.82) is 0 Å². The average molecular weight is 273 g/mol. The smallest absolute Gasteiger partial charge is 0.0325 e. The molecule has 2 rings (SSSR count). The fourth-order valence-electron chi connectivity index (χ4n) is 3.42. The quantitative estimate of drug-likeness (QED) is 0.778. The maximum absolute atomic E-state index is 3.86. The van der Waals surface area contributed by atoms with Crippen LogP contribution in [0, 0.1) is 17.3 Å². The van der Waals surface area contributed by atoms with Gasteiger partial charge in [-0.05, 0) is 42.2 Å². The highest BCUT2D eigenvalue weighted by Gasteiger charge is 2.25. The second-order valence-corrected chi connectivity index (χ2v) is 7.80. The first-order valence-corrected chi connectivity index (χ1v) is 8.24. The maximum atomic E-state index is 3.86. The molecule has 0 aliphatic heterocycles. The normalized spacial score (nSPS) is 24.8. The third kappa shape index (κ3) is 4.63. The van der Waals surface area contributed by atoms with Crippen LogP contribution in [0.2, 0.25) is 0 Å². The molecule has 0 heterocycles. The standard InChI is InChI=1S/C19H31N/c1-15-9-8-12-17(15)14-20-18(13-19(2,3)4)16-10-6-5-7-11-16/h5-7,10-11,15,17-18,20H,8-9,12-14H2,1-4H3. The van der Waals surface area contributed by atoms with Crippen molar-refractivity contribution in [3.8, 4) is 0 Å². The van der Waals surface area contributed by atoms with Crippen LogP contribution in [0.1, 0.15) is 65.0 Å². The zero-order valence-corrected chi connectivity index (χ0v) is 13.7. The van der Waals surface area contributed by atoms with E-state index >= 15 is 0 Å². The molecule has 1 N–H and O–H groups in total. The molecule has 1 saturated carbocycles. The summed E-state index contributed by atoms with van der Waals surface area (Å²) in [5.41, 5.74) is 1.79. The molecule has 0 amide bonds. The van der Waals surface area contributed by atoms with E-state index in [-0.39, 0.29) is 0 Å². The number of benzene rings is 1. The van der Waals surface area contributed by atoms with Crippen molar-refractivity contribution in [3.63, 3.8) is 0 Å². The monoisotopic (exact) mass is 273 g/mol. The van der Waals surface area contributed by atoms with Gasteiger partial charge in [0.2, 0.25) is 0 Å². The van der Waals surface area contributed by atoms with Crippen LogP contribution in [0.15, 0.2) is 30.3 Å². The van der Waals surface area contributed by atoms with Crippen LogP contribution >= 0.6 is 0 Å². The van der Waals surface area contributed by atoms with E-state index in [1.165, 1.54) is 37.8 Å². The van der Waals surface area contributed by atoms with Gasteiger partial charge in [0.25, 0.3) is 0 Å². The van der Waals surface area contributed by atoms with E-state index in [9.17, 15) is 0 Å². The van der Waals surface area contributed by atoms with Crippen LogP contribution in [0.5, 0.6) is 0 Å². The predicted molar refractivity (Wildman–Crippen MR) is 87.8 cm³/mol. The first kappa shape index (κ1) is 15.6. The molecule has 3 atom stereocenters. The summed E-state index contributed by atoms with van der Waals surface area (Å²) < 4.78 is 0. The lowest BCUT2D eigenvalue weighted by molar-refractivity contribution is 0.289. The summed E-state index contributed by atoms with van der Waals surface area (Å²) >= 11 is 0. The summed E-state index contributed by atoms with van der Waals surface area (Å²) in [5, 5.41) is 3.86. The molecular formula is C19H31N. The van der Waals surface area contributed by atoms with Gasteiger partial charge in [0.05, 0.1) is 0 Å². The molecule has 0 saturated heterocycles. The Morgan fingerprint density at radius 2 is 1.85 bits per heavy atom. The van der Waals surface area contributed by atoms with Crippen LogP contribution < -0.4 is 5.32 Å². The molecule has 1 nitrogen and oxygen atoms in total. The molecule has 0 radical (unpaired) electrons. The van der Waals surface area contributed by atoms with Crippen molar-refractivity contribution < 1.29 is 0 Å². The minimum atomic E-state index is 0.356. The van der Waals surface area contributed by atoms with Crippen molar-refractivity contribution in [1.82, 2.24) is 5.32 Å². The number of hydrogen-bond acceptors (Lipinski definition) is 1. The highest BCUT2D eigenvalue weighted by Crippen LogP contribution is 2.33. The van der Waals surface area contributed by atoms with Crippen LogP contribution in [0.3, 0.4) is 0 Å². The van der Waals surface area contributed by atoms with E-state index in [2.05, 4.69) is 63.3 Å². The summed E-state index contributed by atoms with van der Waals surface area (Å²) in [6.45, 7) is 10.6. The Balaban J connectivity index is 1.99. The lowest BCUT2D eigenvalue weighted by Gasteiger charge is -2.29. The van der Waals surface area contributed by atoms with Crippen molar-refractivity contribution in [2.45, 2.75) is 59.4 Å². The second kappa shape index (κ2) is 6.76. The molecule has 1 aliphatic rings. The number of nitrogens with one attached hydrogen (secondary N) is 1. The van der Waals surface area contributed by atoms with Gasteiger partial charge in [-0.2, -0.15) is 0 Å². The van der Waals surface area contributed by atoms with Gasteiger partial charge >= 0.3 is 0 Å². The topological polar surface area (TPSA) is 12.0 Å². The Morgan fingerprint density at radius 3 is 2.40 bits per heavy atom. The first-order chi connectivity index (χ1) is 9.46. The Bertz CT molecular complexity index is 390. The van der Waals surface area contributed by atoms with Crippen molar-refractivity contribution >= 4 is 0 Å². The lowest BCUT2D eigenvalue weighted by atomic mass is 9.85. The second-order valence-electron chi connectivity index (χ2n) is 7.80. The zero-order chi connectivity index (χ0) is 14.6. The fraction of sp³-hybridized carbons (Fsp3) is 0.684. The minimum Gasteiger partial charge on any atom is -0.310 e. The molecule has 1 fully saturated rings. The van der Waals surface area contributed by atoms with E-state index in [0.717, 1.165) is 11.8 Å². The van der Waals surface area contributed by atoms with Crippen LogP contribution in [-0.4, -0.2) is 6.54 Å². The molecule has 0 spiro atoms. The van der Waals surface area contributed by atoms with E-state index < -0.39 is 0 Å². The highest BCUT2D eigenvalue weighted by molar-refractivity contribution is 5.19. The van der Waals surface area contributed by atoms with Gasteiger partial charge in [-0.3, -0.25) is 0 Å². The number of hydrogen-bond donors (Lipinski definition) is 1. The molecular weight excluding hydrogens is 242 g/mol. The van der Waals surface area contributed by atoms with E-state index in [1.54, 1.807) is 0 Å². The third-order valence-electron chi connectivity index (χ3n) is 4.68. The van der Waals surface area contributed by atoms with Gasteiger partial charge in [0.15, 0.2) is 0 Å². The zero-order valence-electron chi connectivity index (χ0n) is 13.7. The SMILES string of the molecule is CC1CCCC1CNC(CC(C)(C)C)c1ccccc1. The Labute approximate surface area is 125 Å². The lowest BCUT2D eigenvalue weighted by Crippen LogP contribution is -2.31. The van der Waals surface area contributed by atoms with Gasteiger partial charge in [-0.1, -0.05) is 70.9 Å². The maximum Gasteiger partial charge on any atom is 0.0325 e. The highest BCUT2D eigenvalue weighted by atomic mass is 14.9. The summed E-state index contributed by atoms with van der Waals surface area (Å²) in [6, 6.07) is 11.4. The van der Waals surface area contributed by atoms with E-state index in [1.807, 2.05) is 0 Å². The fourth-order valence-corrected chi connectivity index (χ4v) is 3.42. The molecule has 0 bridgehead atoms. The van der Waals surface area contributed by atoms with Crippen molar-refractivity contribution in [2.24, 2.45) is 17.3 Å². The van der Waals surface area contributed by atoms with E-state index in [0.29, 0.717) is 11.5 Å². The van der Waals surface area contributed by atoms with Crippen molar-refractivity contribution in [2.75, 3.05) is 6.54 Å². The van der Waals surface area contributed by atoms with Crippen LogP contribution in [0.25, 0.3) is 0 Å². The summed E-state index contributed by atoms with van der Waals surface area (Å²) in [4.78, 5) is 0. The Hall–Kier alpha value is -0.820. The molecule has 1 aromatic carbocycles. The van der Waals surface area contributed by atoms with Gasteiger partial charge in [-0.25, -0.2) is 0 Å². The minimum absolute atomic E-state index is 0.356.